The number of anilines is 3. The van der Waals surface area contributed by atoms with E-state index in [4.69, 9.17) is 4.74 Å². The summed E-state index contributed by atoms with van der Waals surface area (Å²) in [5, 5.41) is 2.63. The lowest BCUT2D eigenvalue weighted by atomic mass is 10.2. The SMILES string of the molecule is CC(=O)NC[C@H]1CN(c2ccc(N3CCN(c4nc5ccccc5[nH]4)CC3)c(F)c2)C(=O)O1. The summed E-state index contributed by atoms with van der Waals surface area (Å²) in [6.45, 7) is 4.62. The van der Waals surface area contributed by atoms with Crippen LogP contribution in [0.15, 0.2) is 42.5 Å². The quantitative estimate of drug-likeness (QED) is 0.618. The van der Waals surface area contributed by atoms with Crippen molar-refractivity contribution < 1.29 is 18.7 Å². The van der Waals surface area contributed by atoms with Gasteiger partial charge in [-0.2, -0.15) is 0 Å². The summed E-state index contributed by atoms with van der Waals surface area (Å²) < 4.78 is 20.3. The molecule has 2 saturated heterocycles. The second-order valence-electron chi connectivity index (χ2n) is 8.24. The Morgan fingerprint density at radius 2 is 1.94 bits per heavy atom. The minimum Gasteiger partial charge on any atom is -0.442 e. The molecule has 2 aliphatic heterocycles. The number of cyclic esters (lactones) is 1. The third kappa shape index (κ3) is 4.28. The molecule has 0 radical (unpaired) electrons. The van der Waals surface area contributed by atoms with E-state index in [1.165, 1.54) is 17.9 Å². The number of para-hydroxylation sites is 2. The summed E-state index contributed by atoms with van der Waals surface area (Å²) >= 11 is 0. The zero-order chi connectivity index (χ0) is 22.9. The first-order chi connectivity index (χ1) is 16.0. The van der Waals surface area contributed by atoms with Gasteiger partial charge in [-0.1, -0.05) is 12.1 Å². The maximum atomic E-state index is 15.0. The lowest BCUT2D eigenvalue weighted by molar-refractivity contribution is -0.119. The predicted molar refractivity (Wildman–Crippen MR) is 123 cm³/mol. The number of amides is 2. The van der Waals surface area contributed by atoms with Gasteiger partial charge in [0.25, 0.3) is 0 Å². The van der Waals surface area contributed by atoms with Crippen LogP contribution >= 0.6 is 0 Å². The number of hydrogen-bond donors (Lipinski definition) is 2. The minimum absolute atomic E-state index is 0.194. The highest BCUT2D eigenvalue weighted by molar-refractivity contribution is 5.90. The molecule has 3 heterocycles. The molecule has 2 amide bonds. The van der Waals surface area contributed by atoms with Gasteiger partial charge in [0.2, 0.25) is 11.9 Å². The van der Waals surface area contributed by atoms with E-state index in [0.29, 0.717) is 37.6 Å². The fraction of sp³-hybridized carbons (Fsp3) is 0.348. The molecule has 1 atom stereocenters. The summed E-state index contributed by atoms with van der Waals surface area (Å²) in [5.74, 6) is 0.246. The molecule has 2 aromatic carbocycles. The number of carbonyl (C=O) groups is 2. The van der Waals surface area contributed by atoms with Crippen molar-refractivity contribution in [2.75, 3.05) is 54.0 Å². The molecule has 2 N–H and O–H groups in total. The standard InChI is InChI=1S/C23H25FN6O3/c1-15(31)25-13-17-14-30(23(32)33-17)16-6-7-21(18(24)12-16)28-8-10-29(11-9-28)22-26-19-4-2-3-5-20(19)27-22/h2-7,12,17H,8-11,13-14H2,1H3,(H,25,31)(H,26,27)/t17-/m0/s1. The minimum atomic E-state index is -0.544. The van der Waals surface area contributed by atoms with Gasteiger partial charge in [0, 0.05) is 33.1 Å². The van der Waals surface area contributed by atoms with Crippen molar-refractivity contribution in [2.45, 2.75) is 13.0 Å². The van der Waals surface area contributed by atoms with Gasteiger partial charge in [-0.25, -0.2) is 14.2 Å². The molecular formula is C23H25FN6O3. The number of piperazine rings is 1. The van der Waals surface area contributed by atoms with Crippen molar-refractivity contribution in [1.82, 2.24) is 15.3 Å². The summed E-state index contributed by atoms with van der Waals surface area (Å²) in [7, 11) is 0. The number of rotatable bonds is 5. The Bertz CT molecular complexity index is 1160. The third-order valence-corrected chi connectivity index (χ3v) is 5.99. The van der Waals surface area contributed by atoms with Crippen LogP contribution in [0.5, 0.6) is 0 Å². The molecule has 5 rings (SSSR count). The highest BCUT2D eigenvalue weighted by Gasteiger charge is 2.33. The maximum Gasteiger partial charge on any atom is 0.414 e. The van der Waals surface area contributed by atoms with Crippen LogP contribution in [0.2, 0.25) is 0 Å². The summed E-state index contributed by atoms with van der Waals surface area (Å²) in [6.07, 6.45) is -1.01. The van der Waals surface area contributed by atoms with Crippen molar-refractivity contribution in [3.63, 3.8) is 0 Å². The van der Waals surface area contributed by atoms with E-state index in [1.807, 2.05) is 29.2 Å². The zero-order valence-corrected chi connectivity index (χ0v) is 18.3. The van der Waals surface area contributed by atoms with E-state index in [0.717, 1.165) is 17.0 Å². The number of benzene rings is 2. The van der Waals surface area contributed by atoms with Crippen LogP contribution in [0, 0.1) is 5.82 Å². The molecule has 33 heavy (non-hydrogen) atoms. The molecule has 9 nitrogen and oxygen atoms in total. The number of H-pyrrole nitrogens is 1. The number of fused-ring (bicyclic) bond motifs is 1. The Kier molecular flexibility index (Phi) is 5.49. The lowest BCUT2D eigenvalue weighted by Crippen LogP contribution is -2.47. The van der Waals surface area contributed by atoms with Gasteiger partial charge < -0.3 is 24.8 Å². The fourth-order valence-electron chi connectivity index (χ4n) is 4.26. The number of nitrogens with zero attached hydrogens (tertiary/aromatic N) is 4. The Labute approximate surface area is 190 Å². The van der Waals surface area contributed by atoms with Crippen LogP contribution in [0.1, 0.15) is 6.92 Å². The Morgan fingerprint density at radius 3 is 2.67 bits per heavy atom. The fourth-order valence-corrected chi connectivity index (χ4v) is 4.26. The summed E-state index contributed by atoms with van der Waals surface area (Å²) in [5.41, 5.74) is 2.87. The summed E-state index contributed by atoms with van der Waals surface area (Å²) in [4.78, 5) is 36.8. The number of imidazole rings is 1. The van der Waals surface area contributed by atoms with Crippen molar-refractivity contribution >= 4 is 40.4 Å². The first-order valence-electron chi connectivity index (χ1n) is 10.9. The van der Waals surface area contributed by atoms with E-state index >= 15 is 4.39 Å². The van der Waals surface area contributed by atoms with Gasteiger partial charge in [-0.05, 0) is 30.3 Å². The van der Waals surface area contributed by atoms with Gasteiger partial charge in [0.15, 0.2) is 0 Å². The highest BCUT2D eigenvalue weighted by atomic mass is 19.1. The molecule has 0 saturated carbocycles. The Balaban J connectivity index is 1.23. The van der Waals surface area contributed by atoms with Crippen LogP contribution in [-0.4, -0.2) is 67.3 Å². The van der Waals surface area contributed by atoms with E-state index in [1.54, 1.807) is 12.1 Å². The van der Waals surface area contributed by atoms with Crippen LogP contribution < -0.4 is 20.0 Å². The molecule has 0 aliphatic carbocycles. The first-order valence-corrected chi connectivity index (χ1v) is 10.9. The molecule has 10 heteroatoms. The molecule has 172 valence electrons. The third-order valence-electron chi connectivity index (χ3n) is 5.99. The molecular weight excluding hydrogens is 427 g/mol. The summed E-state index contributed by atoms with van der Waals surface area (Å²) in [6, 6.07) is 12.7. The molecule has 0 unspecified atom stereocenters. The number of hydrogen-bond acceptors (Lipinski definition) is 6. The van der Waals surface area contributed by atoms with Gasteiger partial charge in [0.1, 0.15) is 11.9 Å². The van der Waals surface area contributed by atoms with Crippen LogP contribution in [0.4, 0.5) is 26.5 Å². The Hall–Kier alpha value is -3.82. The molecule has 3 aromatic rings. The number of aromatic amines is 1. The monoisotopic (exact) mass is 452 g/mol. The van der Waals surface area contributed by atoms with Gasteiger partial charge >= 0.3 is 6.09 Å². The van der Waals surface area contributed by atoms with E-state index in [9.17, 15) is 9.59 Å². The topological polar surface area (TPSA) is 93.8 Å². The number of ether oxygens (including phenoxy) is 1. The second kappa shape index (κ2) is 8.61. The second-order valence-corrected chi connectivity index (χ2v) is 8.24. The molecule has 0 spiro atoms. The normalized spacial score (nSPS) is 18.7. The molecule has 1 aromatic heterocycles. The predicted octanol–water partition coefficient (Wildman–Crippen LogP) is 2.49. The van der Waals surface area contributed by atoms with Crippen molar-refractivity contribution in [2.24, 2.45) is 0 Å². The van der Waals surface area contributed by atoms with Gasteiger partial charge in [0.05, 0.1) is 35.5 Å². The van der Waals surface area contributed by atoms with Crippen molar-refractivity contribution in [3.05, 3.63) is 48.3 Å². The van der Waals surface area contributed by atoms with Gasteiger partial charge in [-0.3, -0.25) is 9.69 Å². The van der Waals surface area contributed by atoms with Crippen LogP contribution in [0.3, 0.4) is 0 Å². The van der Waals surface area contributed by atoms with Crippen molar-refractivity contribution in [3.8, 4) is 0 Å². The Morgan fingerprint density at radius 1 is 1.18 bits per heavy atom. The average Bonchev–Trinajstić information content (AvgIpc) is 3.41. The lowest BCUT2D eigenvalue weighted by Gasteiger charge is -2.36. The number of nitrogens with one attached hydrogen (secondary N) is 2. The molecule has 2 fully saturated rings. The zero-order valence-electron chi connectivity index (χ0n) is 18.3. The van der Waals surface area contributed by atoms with E-state index < -0.39 is 12.2 Å². The molecule has 0 bridgehead atoms. The average molecular weight is 452 g/mol. The largest absolute Gasteiger partial charge is 0.442 e. The number of halogens is 1. The van der Waals surface area contributed by atoms with Crippen LogP contribution in [-0.2, 0) is 9.53 Å². The van der Waals surface area contributed by atoms with Crippen LogP contribution in [0.25, 0.3) is 11.0 Å². The number of carbonyl (C=O) groups excluding carboxylic acids is 2. The van der Waals surface area contributed by atoms with E-state index in [2.05, 4.69) is 20.2 Å². The van der Waals surface area contributed by atoms with E-state index in [-0.39, 0.29) is 24.8 Å². The van der Waals surface area contributed by atoms with Gasteiger partial charge in [-0.15, -0.1) is 0 Å². The highest BCUT2D eigenvalue weighted by Crippen LogP contribution is 2.29. The first kappa shape index (κ1) is 21.0. The smallest absolute Gasteiger partial charge is 0.414 e. The molecule has 2 aliphatic rings. The van der Waals surface area contributed by atoms with Crippen molar-refractivity contribution in [1.29, 1.82) is 0 Å². The maximum absolute atomic E-state index is 15.0. The number of aromatic nitrogens is 2.